The number of aliphatic hydroxyl groups excluding tert-OH is 1. The first-order valence-corrected chi connectivity index (χ1v) is 19.2. The Kier molecular flexibility index (Phi) is 16.8. The second-order valence-electron chi connectivity index (χ2n) is 15.7. The summed E-state index contributed by atoms with van der Waals surface area (Å²) in [4.78, 5) is 33.7. The lowest BCUT2D eigenvalue weighted by Gasteiger charge is -2.48. The van der Waals surface area contributed by atoms with Gasteiger partial charge in [0.25, 0.3) is 6.79 Å². The molecular weight excluding hydrogens is 716 g/mol. The van der Waals surface area contributed by atoms with Gasteiger partial charge in [0.1, 0.15) is 17.6 Å². The van der Waals surface area contributed by atoms with E-state index in [1.165, 1.54) is 14.0 Å². The van der Waals surface area contributed by atoms with Crippen LogP contribution in [0.5, 0.6) is 11.5 Å². The van der Waals surface area contributed by atoms with Gasteiger partial charge in [0.15, 0.2) is 18.2 Å². The van der Waals surface area contributed by atoms with Crippen LogP contribution in [0.4, 0.5) is 0 Å². The average Bonchev–Trinajstić information content (AvgIpc) is 3.14. The van der Waals surface area contributed by atoms with E-state index in [1.807, 2.05) is 32.8 Å². The molecule has 0 aliphatic carbocycles. The van der Waals surface area contributed by atoms with Gasteiger partial charge < -0.3 is 58.2 Å². The van der Waals surface area contributed by atoms with Gasteiger partial charge in [-0.1, -0.05) is 39.8 Å². The lowest BCUT2D eigenvalue weighted by Crippen LogP contribution is -2.60. The predicted octanol–water partition coefficient (Wildman–Crippen LogP) is 4.14. The number of rotatable bonds is 11. The molecule has 3 rings (SSSR count). The maximum Gasteiger partial charge on any atom is 0.311 e. The molecule has 55 heavy (non-hydrogen) atoms. The monoisotopic (exact) mass is 782 g/mol. The topological polar surface area (TPSA) is 184 Å². The smallest absolute Gasteiger partial charge is 0.311 e. The molecule has 15 heteroatoms. The van der Waals surface area contributed by atoms with E-state index >= 15 is 0 Å². The molecule has 0 amide bonds. The summed E-state index contributed by atoms with van der Waals surface area (Å²) in [6, 6.07) is 6.65. The number of carbonyl (C=O) groups is 2. The van der Waals surface area contributed by atoms with Crippen LogP contribution in [0.25, 0.3) is 0 Å². The van der Waals surface area contributed by atoms with Gasteiger partial charge in [-0.3, -0.25) is 9.59 Å². The molecule has 0 radical (unpaired) electrons. The highest BCUT2D eigenvalue weighted by Crippen LogP contribution is 2.40. The van der Waals surface area contributed by atoms with Crippen molar-refractivity contribution in [2.75, 3.05) is 35.1 Å². The van der Waals surface area contributed by atoms with Crippen LogP contribution in [0.3, 0.4) is 0 Å². The van der Waals surface area contributed by atoms with Gasteiger partial charge in [-0.2, -0.15) is 0 Å². The van der Waals surface area contributed by atoms with Crippen molar-refractivity contribution in [2.24, 2.45) is 34.7 Å². The molecule has 13 atom stereocenters. The van der Waals surface area contributed by atoms with E-state index in [1.54, 1.807) is 72.9 Å². The number of hydrogen-bond acceptors (Lipinski definition) is 15. The van der Waals surface area contributed by atoms with Crippen molar-refractivity contribution in [1.82, 2.24) is 4.90 Å². The van der Waals surface area contributed by atoms with Crippen molar-refractivity contribution in [3.63, 3.8) is 0 Å². The molecule has 314 valence electrons. The number of esters is 2. The molecule has 2 aliphatic heterocycles. The number of methoxy groups -OCH3 is 2. The van der Waals surface area contributed by atoms with Crippen LogP contribution in [-0.2, 0) is 38.1 Å². The number of likely N-dealkylation sites (N-methyl/N-ethyl adjacent to an activating group) is 1. The molecule has 15 nitrogen and oxygen atoms in total. The first-order valence-electron chi connectivity index (χ1n) is 19.2. The number of ether oxygens (including phenoxy) is 7. The Labute approximate surface area is 326 Å². The van der Waals surface area contributed by atoms with Crippen molar-refractivity contribution >= 4 is 17.7 Å². The molecule has 13 unspecified atom stereocenters. The minimum absolute atomic E-state index is 0.162. The van der Waals surface area contributed by atoms with Crippen molar-refractivity contribution in [3.8, 4) is 11.5 Å². The van der Waals surface area contributed by atoms with E-state index in [4.69, 9.17) is 38.0 Å². The number of cyclic esters (lactones) is 1. The van der Waals surface area contributed by atoms with Gasteiger partial charge in [-0.05, 0) is 78.4 Å². The zero-order valence-corrected chi connectivity index (χ0v) is 34.9. The van der Waals surface area contributed by atoms with E-state index in [9.17, 15) is 24.9 Å². The minimum atomic E-state index is -2.43. The highest BCUT2D eigenvalue weighted by Gasteiger charge is 2.52. The fourth-order valence-corrected chi connectivity index (χ4v) is 7.87. The number of oxime groups is 1. The standard InChI is InChI=1S/C40H66N2O13/c1-14-32-26(6)40(46,47)27(7)33(41-51-21-50-30-17-15-29(48-12)16-18-30)22(2)20-39(9,49-13)36(24(4)34(44)25(5)37(45)54-32)55-38-35(53-28(8)43)31(42(10)11)19-23(3)52-38/h15-18,22-27,31-32,34-36,38,44,46-47H,14,19-21H2,1-13H3. The first-order chi connectivity index (χ1) is 25.7. The quantitative estimate of drug-likeness (QED) is 0.126. The summed E-state index contributed by atoms with van der Waals surface area (Å²) in [7, 11) is 6.85. The van der Waals surface area contributed by atoms with E-state index < -0.39 is 83.6 Å². The molecule has 0 bridgehead atoms. The Morgan fingerprint density at radius 1 is 1.04 bits per heavy atom. The van der Waals surface area contributed by atoms with Gasteiger partial charge in [0.05, 0.1) is 54.6 Å². The molecule has 3 N–H and O–H groups in total. The molecule has 2 saturated heterocycles. The predicted molar refractivity (Wildman–Crippen MR) is 203 cm³/mol. The first kappa shape index (κ1) is 46.3. The van der Waals surface area contributed by atoms with Gasteiger partial charge in [0, 0.05) is 31.8 Å². The van der Waals surface area contributed by atoms with E-state index in [2.05, 4.69) is 5.16 Å². The molecule has 1 aromatic carbocycles. The molecule has 2 aliphatic rings. The summed E-state index contributed by atoms with van der Waals surface area (Å²) in [5, 5.41) is 39.9. The van der Waals surface area contributed by atoms with Crippen LogP contribution in [0.1, 0.15) is 81.6 Å². The van der Waals surface area contributed by atoms with Crippen molar-refractivity contribution in [2.45, 2.75) is 136 Å². The number of carbonyl (C=O) groups excluding carboxylic acids is 2. The summed E-state index contributed by atoms with van der Waals surface area (Å²) >= 11 is 0. The zero-order valence-electron chi connectivity index (χ0n) is 34.9. The molecular formula is C40H66N2O13. The lowest BCUT2D eigenvalue weighted by atomic mass is 9.73. The fourth-order valence-electron chi connectivity index (χ4n) is 7.87. The Morgan fingerprint density at radius 3 is 2.20 bits per heavy atom. The largest absolute Gasteiger partial charge is 0.497 e. The van der Waals surface area contributed by atoms with Crippen LogP contribution < -0.4 is 9.47 Å². The third-order valence-corrected chi connectivity index (χ3v) is 11.5. The normalized spacial score (nSPS) is 37.1. The van der Waals surface area contributed by atoms with Crippen molar-refractivity contribution in [3.05, 3.63) is 24.3 Å². The lowest BCUT2D eigenvalue weighted by molar-refractivity contribution is -0.303. The van der Waals surface area contributed by atoms with Crippen molar-refractivity contribution < 1.29 is 62.9 Å². The Hall–Kier alpha value is -3.05. The van der Waals surface area contributed by atoms with E-state index in [-0.39, 0.29) is 37.5 Å². The van der Waals surface area contributed by atoms with Crippen LogP contribution in [0.15, 0.2) is 29.4 Å². The van der Waals surface area contributed by atoms with Gasteiger partial charge in [0.2, 0.25) is 0 Å². The second kappa shape index (κ2) is 19.9. The SMILES string of the molecule is CCC1OC(=O)C(C)C(O)C(C)C(OC2OC(C)CC(N(C)C)C2OC(C)=O)C(C)(OC)CC(C)C(=NOCOc2ccc(OC)cc2)C(C)C(O)(O)C1C. The van der Waals surface area contributed by atoms with Crippen LogP contribution in [0.2, 0.25) is 0 Å². The Morgan fingerprint density at radius 2 is 1.65 bits per heavy atom. The number of nitrogens with zero attached hydrogens (tertiary/aromatic N) is 2. The van der Waals surface area contributed by atoms with Crippen LogP contribution in [-0.4, -0.2) is 127 Å². The summed E-state index contributed by atoms with van der Waals surface area (Å²) in [6.45, 7) is 14.9. The molecule has 2 fully saturated rings. The molecule has 0 spiro atoms. The summed E-state index contributed by atoms with van der Waals surface area (Å²) in [6.07, 6.45) is -4.43. The maximum atomic E-state index is 13.7. The summed E-state index contributed by atoms with van der Waals surface area (Å²) < 4.78 is 42.1. The molecule has 2 heterocycles. The third-order valence-electron chi connectivity index (χ3n) is 11.5. The molecule has 0 saturated carbocycles. The third kappa shape index (κ3) is 11.3. The fraction of sp³-hybridized carbons (Fsp3) is 0.775. The Bertz CT molecular complexity index is 1410. The highest BCUT2D eigenvalue weighted by atomic mass is 16.7. The van der Waals surface area contributed by atoms with E-state index in [0.29, 0.717) is 17.9 Å². The molecule has 1 aromatic rings. The molecule has 0 aromatic heterocycles. The van der Waals surface area contributed by atoms with Gasteiger partial charge in [-0.15, -0.1) is 0 Å². The summed E-state index contributed by atoms with van der Waals surface area (Å²) in [5.74, 6) is -6.91. The number of benzene rings is 1. The summed E-state index contributed by atoms with van der Waals surface area (Å²) in [5.41, 5.74) is -0.984. The highest BCUT2D eigenvalue weighted by molar-refractivity contribution is 5.89. The van der Waals surface area contributed by atoms with Gasteiger partial charge in [-0.25, -0.2) is 0 Å². The maximum absolute atomic E-state index is 13.7. The second-order valence-corrected chi connectivity index (χ2v) is 15.7. The van der Waals surface area contributed by atoms with Gasteiger partial charge >= 0.3 is 11.9 Å². The van der Waals surface area contributed by atoms with E-state index in [0.717, 1.165) is 0 Å². The number of aliphatic hydroxyl groups is 3. The zero-order chi connectivity index (χ0) is 41.4. The van der Waals surface area contributed by atoms with Crippen molar-refractivity contribution in [1.29, 1.82) is 0 Å². The minimum Gasteiger partial charge on any atom is -0.497 e. The van der Waals surface area contributed by atoms with Crippen LogP contribution >= 0.6 is 0 Å². The average molecular weight is 783 g/mol. The van der Waals surface area contributed by atoms with Crippen LogP contribution in [0, 0.1) is 29.6 Å². The number of hydrogen-bond donors (Lipinski definition) is 3. The Balaban J connectivity index is 2.14.